The van der Waals surface area contributed by atoms with Gasteiger partial charge in [-0.1, -0.05) is 12.1 Å². The molecular weight excluding hydrogens is 548 g/mol. The summed E-state index contributed by atoms with van der Waals surface area (Å²) in [5.41, 5.74) is 3.01. The summed E-state index contributed by atoms with van der Waals surface area (Å²) < 4.78 is 52.4. The van der Waals surface area contributed by atoms with Gasteiger partial charge < -0.3 is 24.1 Å². The van der Waals surface area contributed by atoms with E-state index in [-0.39, 0.29) is 28.3 Å². The molecule has 1 atom stereocenters. The molecule has 0 unspecified atom stereocenters. The lowest BCUT2D eigenvalue weighted by molar-refractivity contribution is 0.269. The lowest BCUT2D eigenvalue weighted by Gasteiger charge is -2.25. The van der Waals surface area contributed by atoms with Crippen LogP contribution in [0.5, 0.6) is 17.2 Å². The lowest BCUT2D eigenvalue weighted by Crippen LogP contribution is -2.23. The molecule has 0 spiro atoms. The molecule has 1 aliphatic heterocycles. The number of hydrogen-bond donors (Lipinski definition) is 3. The van der Waals surface area contributed by atoms with E-state index in [4.69, 9.17) is 18.7 Å². The quantitative estimate of drug-likeness (QED) is 0.217. The Balaban J connectivity index is 1.31. The van der Waals surface area contributed by atoms with E-state index in [0.717, 1.165) is 50.0 Å². The van der Waals surface area contributed by atoms with Crippen molar-refractivity contribution in [2.24, 2.45) is 0 Å². The first-order valence-electron chi connectivity index (χ1n) is 13.7. The molecule has 1 aliphatic carbocycles. The predicted molar refractivity (Wildman–Crippen MR) is 154 cm³/mol. The Bertz CT molecular complexity index is 1650. The molecule has 2 aliphatic rings. The van der Waals surface area contributed by atoms with Gasteiger partial charge in [-0.05, 0) is 62.5 Å². The molecule has 218 valence electrons. The van der Waals surface area contributed by atoms with E-state index in [9.17, 15) is 8.42 Å². The number of sulfonamides is 1. The van der Waals surface area contributed by atoms with Gasteiger partial charge >= 0.3 is 0 Å². The van der Waals surface area contributed by atoms with Crippen LogP contribution in [0.3, 0.4) is 0 Å². The van der Waals surface area contributed by atoms with Gasteiger partial charge in [-0.25, -0.2) is 8.42 Å². The van der Waals surface area contributed by atoms with E-state index in [0.29, 0.717) is 34.1 Å². The highest BCUT2D eigenvalue weighted by Gasteiger charge is 2.32. The number of aromatic amines is 1. The largest absolute Gasteiger partial charge is 0.495 e. The Labute approximate surface area is 238 Å². The van der Waals surface area contributed by atoms with Crippen LogP contribution in [0.1, 0.15) is 55.8 Å². The number of benzene rings is 2. The number of hydrogen-bond acceptors (Lipinski definition) is 10. The van der Waals surface area contributed by atoms with Gasteiger partial charge in [0.2, 0.25) is 0 Å². The maximum absolute atomic E-state index is 13.8. The van der Waals surface area contributed by atoms with E-state index in [1.807, 2.05) is 6.07 Å². The van der Waals surface area contributed by atoms with Crippen LogP contribution in [0.2, 0.25) is 0 Å². The summed E-state index contributed by atoms with van der Waals surface area (Å²) in [7, 11) is 0.221. The van der Waals surface area contributed by atoms with Crippen LogP contribution in [-0.2, 0) is 10.0 Å². The Hall–Kier alpha value is -3.97. The van der Waals surface area contributed by atoms with Crippen LogP contribution in [0.15, 0.2) is 39.8 Å². The normalized spacial score (nSPS) is 17.6. The average Bonchev–Trinajstić information content (AvgIpc) is 3.35. The minimum absolute atomic E-state index is 0.0155. The summed E-state index contributed by atoms with van der Waals surface area (Å²) in [6.07, 6.45) is 4.38. The van der Waals surface area contributed by atoms with Gasteiger partial charge in [0, 0.05) is 29.8 Å². The van der Waals surface area contributed by atoms with Gasteiger partial charge in [-0.15, -0.1) is 0 Å². The fourth-order valence-electron chi connectivity index (χ4n) is 5.56. The predicted octanol–water partition coefficient (Wildman–Crippen LogP) is 5.16. The van der Waals surface area contributed by atoms with Gasteiger partial charge in [0.05, 0.1) is 32.4 Å². The molecule has 3 heterocycles. The van der Waals surface area contributed by atoms with Gasteiger partial charge in [0.1, 0.15) is 17.2 Å². The van der Waals surface area contributed by atoms with Crippen molar-refractivity contribution in [1.82, 2.24) is 20.3 Å². The number of nitrogens with one attached hydrogen (secondary N) is 3. The second-order valence-electron chi connectivity index (χ2n) is 10.3. The van der Waals surface area contributed by atoms with Gasteiger partial charge in [-0.2, -0.15) is 5.10 Å². The number of H-pyrrole nitrogens is 1. The van der Waals surface area contributed by atoms with Crippen molar-refractivity contribution in [2.75, 3.05) is 44.5 Å². The highest BCUT2D eigenvalue weighted by Crippen LogP contribution is 2.43. The zero-order chi connectivity index (χ0) is 28.7. The monoisotopic (exact) mass is 582 g/mol. The third-order valence-corrected chi connectivity index (χ3v) is 9.21. The minimum Gasteiger partial charge on any atom is -0.495 e. The van der Waals surface area contributed by atoms with E-state index in [2.05, 4.69) is 37.2 Å². The molecule has 1 saturated carbocycles. The molecule has 13 heteroatoms. The van der Waals surface area contributed by atoms with E-state index in [1.54, 1.807) is 24.3 Å². The molecule has 2 fully saturated rings. The van der Waals surface area contributed by atoms with Gasteiger partial charge in [0.25, 0.3) is 10.0 Å². The van der Waals surface area contributed by atoms with Crippen molar-refractivity contribution < 1.29 is 27.2 Å². The molecular formula is C28H34N6O6S. The molecule has 3 N–H and O–H groups in total. The third kappa shape index (κ3) is 5.15. The van der Waals surface area contributed by atoms with Crippen molar-refractivity contribution in [1.29, 1.82) is 0 Å². The molecule has 1 saturated heterocycles. The van der Waals surface area contributed by atoms with Crippen LogP contribution < -0.4 is 24.2 Å². The van der Waals surface area contributed by atoms with Gasteiger partial charge in [0.15, 0.2) is 22.1 Å². The number of fused-ring (bicyclic) bond motifs is 1. The van der Waals surface area contributed by atoms with Crippen molar-refractivity contribution in [2.45, 2.75) is 49.5 Å². The van der Waals surface area contributed by atoms with Crippen molar-refractivity contribution in [3.05, 3.63) is 41.6 Å². The Kier molecular flexibility index (Phi) is 7.16. The zero-order valence-corrected chi connectivity index (χ0v) is 24.3. The maximum atomic E-state index is 13.8. The van der Waals surface area contributed by atoms with E-state index >= 15 is 0 Å². The summed E-state index contributed by atoms with van der Waals surface area (Å²) in [5, 5.41) is 15.1. The summed E-state index contributed by atoms with van der Waals surface area (Å²) in [6, 6.07) is 9.06. The number of methoxy groups -OCH3 is 3. The summed E-state index contributed by atoms with van der Waals surface area (Å²) >= 11 is 0. The second kappa shape index (κ2) is 10.8. The average molecular weight is 583 g/mol. The molecule has 4 aromatic rings. The standard InChI is InChI=1S/C28H34N6O6S/c1-5-34-10-6-7-21(34)17-11-24(38-3)27(25(12-17)39-4)41(35,36)33-28-18-13-23(37-2)20(14-22(18)40-32-28)29-26-15-19(30-31-26)16-8-9-16/h11-16,21H,5-10H2,1-4H3,(H,32,33)(H2,29,30,31)/t21-/m0/s1. The number of rotatable bonds is 11. The minimum atomic E-state index is -4.20. The smallest absolute Gasteiger partial charge is 0.270 e. The SMILES string of the molecule is CCN1CCC[C@H]1c1cc(OC)c(S(=O)(=O)Nc2noc3cc(Nc4cc(C5CC5)[nH]n4)c(OC)cc23)c(OC)c1. The van der Waals surface area contributed by atoms with Crippen LogP contribution in [0, 0.1) is 0 Å². The Morgan fingerprint density at radius 3 is 2.41 bits per heavy atom. The molecule has 41 heavy (non-hydrogen) atoms. The summed E-state index contributed by atoms with van der Waals surface area (Å²) in [6.45, 7) is 4.02. The van der Waals surface area contributed by atoms with E-state index in [1.165, 1.54) is 21.3 Å². The molecule has 0 amide bonds. The molecule has 6 rings (SSSR count). The number of anilines is 3. The summed E-state index contributed by atoms with van der Waals surface area (Å²) in [4.78, 5) is 2.25. The van der Waals surface area contributed by atoms with Gasteiger partial charge in [-0.3, -0.25) is 14.7 Å². The third-order valence-electron chi connectivity index (χ3n) is 7.81. The lowest BCUT2D eigenvalue weighted by atomic mass is 10.0. The number of likely N-dealkylation sites (tertiary alicyclic amines) is 1. The van der Waals surface area contributed by atoms with Crippen LogP contribution in [0.25, 0.3) is 11.0 Å². The first-order valence-corrected chi connectivity index (χ1v) is 15.2. The van der Waals surface area contributed by atoms with Crippen LogP contribution in [0.4, 0.5) is 17.3 Å². The Morgan fingerprint density at radius 2 is 1.76 bits per heavy atom. The topological polar surface area (TPSA) is 144 Å². The summed E-state index contributed by atoms with van der Waals surface area (Å²) in [5.74, 6) is 2.05. The molecule has 2 aromatic carbocycles. The fraction of sp³-hybridized carbons (Fsp3) is 0.429. The Morgan fingerprint density at radius 1 is 1.02 bits per heavy atom. The van der Waals surface area contributed by atoms with Crippen molar-refractivity contribution >= 4 is 38.3 Å². The molecule has 12 nitrogen and oxygen atoms in total. The number of aromatic nitrogens is 3. The van der Waals surface area contributed by atoms with Crippen LogP contribution in [-0.4, -0.2) is 63.1 Å². The molecule has 2 aromatic heterocycles. The highest BCUT2D eigenvalue weighted by molar-refractivity contribution is 7.93. The first kappa shape index (κ1) is 27.2. The zero-order valence-electron chi connectivity index (χ0n) is 23.5. The highest BCUT2D eigenvalue weighted by atomic mass is 32.2. The van der Waals surface area contributed by atoms with Crippen LogP contribution >= 0.6 is 0 Å². The first-order chi connectivity index (χ1) is 19.8. The van der Waals surface area contributed by atoms with Crippen molar-refractivity contribution in [3.8, 4) is 17.2 Å². The van der Waals surface area contributed by atoms with E-state index < -0.39 is 10.0 Å². The fourth-order valence-corrected chi connectivity index (χ4v) is 6.88. The number of nitrogens with zero attached hydrogens (tertiary/aromatic N) is 3. The second-order valence-corrected chi connectivity index (χ2v) is 12.0. The molecule has 0 radical (unpaired) electrons. The number of ether oxygens (including phenoxy) is 3. The molecule has 0 bridgehead atoms. The van der Waals surface area contributed by atoms with Crippen molar-refractivity contribution in [3.63, 3.8) is 0 Å². The maximum Gasteiger partial charge on any atom is 0.270 e.